The summed E-state index contributed by atoms with van der Waals surface area (Å²) >= 11 is 0. The number of carbonyl (C=O) groups excluding carboxylic acids is 2. The van der Waals surface area contributed by atoms with Gasteiger partial charge in [0, 0.05) is 13.1 Å². The zero-order valence-corrected chi connectivity index (χ0v) is 13.4. The van der Waals surface area contributed by atoms with Crippen LogP contribution in [0.25, 0.3) is 0 Å². The molecule has 0 saturated carbocycles. The minimum atomic E-state index is -0.626. The number of aromatic nitrogens is 3. The fourth-order valence-corrected chi connectivity index (χ4v) is 3.04. The van der Waals surface area contributed by atoms with Crippen molar-refractivity contribution >= 4 is 17.5 Å². The number of fused-ring (bicyclic) bond motifs is 2. The largest absolute Gasteiger partial charge is 0.478 e. The Morgan fingerprint density at radius 2 is 2.17 bits per heavy atom. The fourth-order valence-electron chi connectivity index (χ4n) is 3.04. The summed E-state index contributed by atoms with van der Waals surface area (Å²) in [5.41, 5.74) is 0.976. The van der Waals surface area contributed by atoms with Crippen molar-refractivity contribution < 1.29 is 14.3 Å². The van der Waals surface area contributed by atoms with Gasteiger partial charge >= 0.3 is 0 Å². The molecule has 124 valence electrons. The third-order valence-corrected chi connectivity index (χ3v) is 4.39. The summed E-state index contributed by atoms with van der Waals surface area (Å²) in [6.07, 6.45) is -0.626. The van der Waals surface area contributed by atoms with Gasteiger partial charge in [-0.15, -0.1) is 10.2 Å². The number of carbonyl (C=O) groups is 2. The molecule has 0 spiro atoms. The van der Waals surface area contributed by atoms with E-state index in [-0.39, 0.29) is 11.8 Å². The van der Waals surface area contributed by atoms with Crippen molar-refractivity contribution in [3.8, 4) is 5.75 Å². The highest BCUT2D eigenvalue weighted by atomic mass is 16.5. The van der Waals surface area contributed by atoms with E-state index in [1.807, 2.05) is 11.5 Å². The fraction of sp³-hybridized carbons (Fsp3) is 0.375. The summed E-state index contributed by atoms with van der Waals surface area (Å²) in [6, 6.07) is 5.18. The maximum atomic E-state index is 13.0. The molecular weight excluding hydrogens is 310 g/mol. The molecule has 2 aliphatic rings. The smallest absolute Gasteiger partial charge is 0.265 e. The molecule has 2 aromatic rings. The molecule has 2 amide bonds. The first-order chi connectivity index (χ1) is 11.5. The Balaban J connectivity index is 1.64. The van der Waals surface area contributed by atoms with Crippen LogP contribution in [0.4, 0.5) is 5.69 Å². The number of nitrogens with zero attached hydrogens (tertiary/aromatic N) is 4. The summed E-state index contributed by atoms with van der Waals surface area (Å²) in [5.74, 6) is 1.71. The van der Waals surface area contributed by atoms with Crippen LogP contribution >= 0.6 is 0 Å². The van der Waals surface area contributed by atoms with Gasteiger partial charge in [0.1, 0.15) is 5.82 Å². The van der Waals surface area contributed by atoms with Gasteiger partial charge in [-0.2, -0.15) is 0 Å². The lowest BCUT2D eigenvalue weighted by molar-refractivity contribution is -0.122. The third kappa shape index (κ3) is 2.22. The molecule has 1 aromatic heterocycles. The van der Waals surface area contributed by atoms with Crippen molar-refractivity contribution in [1.29, 1.82) is 0 Å². The third-order valence-electron chi connectivity index (χ3n) is 4.39. The van der Waals surface area contributed by atoms with Gasteiger partial charge in [-0.1, -0.05) is 6.07 Å². The van der Waals surface area contributed by atoms with Crippen molar-refractivity contribution in [3.63, 3.8) is 0 Å². The summed E-state index contributed by atoms with van der Waals surface area (Å²) in [4.78, 5) is 26.4. The molecule has 3 heterocycles. The first-order valence-corrected chi connectivity index (χ1v) is 7.83. The van der Waals surface area contributed by atoms with Crippen molar-refractivity contribution in [2.75, 3.05) is 11.9 Å². The van der Waals surface area contributed by atoms with E-state index < -0.39 is 6.10 Å². The second-order valence-corrected chi connectivity index (χ2v) is 5.97. The maximum Gasteiger partial charge on any atom is 0.265 e. The molecule has 2 aliphatic heterocycles. The summed E-state index contributed by atoms with van der Waals surface area (Å²) in [6.45, 7) is 5.22. The highest BCUT2D eigenvalue weighted by Gasteiger charge is 2.31. The van der Waals surface area contributed by atoms with Gasteiger partial charge in [-0.3, -0.25) is 9.59 Å². The molecule has 1 aromatic carbocycles. The van der Waals surface area contributed by atoms with E-state index >= 15 is 0 Å². The van der Waals surface area contributed by atoms with Gasteiger partial charge in [0.25, 0.3) is 11.8 Å². The Morgan fingerprint density at radius 1 is 1.33 bits per heavy atom. The van der Waals surface area contributed by atoms with Crippen LogP contribution in [0.2, 0.25) is 0 Å². The van der Waals surface area contributed by atoms with Crippen molar-refractivity contribution in [3.05, 3.63) is 35.4 Å². The normalized spacial score (nSPS) is 19.2. The Labute approximate surface area is 138 Å². The van der Waals surface area contributed by atoms with Crippen LogP contribution in [0.1, 0.15) is 28.9 Å². The Kier molecular flexibility index (Phi) is 3.26. The first-order valence-electron chi connectivity index (χ1n) is 7.83. The molecule has 1 N–H and O–H groups in total. The number of anilines is 1. The minimum absolute atomic E-state index is 0.137. The molecule has 8 nitrogen and oxygen atoms in total. The average Bonchev–Trinajstić information content (AvgIpc) is 2.95. The van der Waals surface area contributed by atoms with Crippen molar-refractivity contribution in [2.24, 2.45) is 0 Å². The van der Waals surface area contributed by atoms with Crippen molar-refractivity contribution in [2.45, 2.75) is 33.0 Å². The summed E-state index contributed by atoms with van der Waals surface area (Å²) in [5, 5.41) is 10.9. The van der Waals surface area contributed by atoms with E-state index in [9.17, 15) is 9.59 Å². The van der Waals surface area contributed by atoms with Crippen molar-refractivity contribution in [1.82, 2.24) is 19.7 Å². The lowest BCUT2D eigenvalue weighted by Gasteiger charge is -2.30. The zero-order chi connectivity index (χ0) is 16.8. The number of amides is 2. The summed E-state index contributed by atoms with van der Waals surface area (Å²) < 4.78 is 7.68. The highest BCUT2D eigenvalue weighted by Crippen LogP contribution is 2.34. The highest BCUT2D eigenvalue weighted by molar-refractivity contribution is 6.04. The van der Waals surface area contributed by atoms with E-state index in [2.05, 4.69) is 15.5 Å². The maximum absolute atomic E-state index is 13.0. The lowest BCUT2D eigenvalue weighted by Crippen LogP contribution is -2.40. The number of para-hydroxylation sites is 1. The topological polar surface area (TPSA) is 89.3 Å². The number of benzene rings is 1. The molecule has 0 bridgehead atoms. The quantitative estimate of drug-likeness (QED) is 0.843. The SMILES string of the molecule is Cc1nnc2n1CCN(C(=O)c1cccc3c1O[C@@H](C)C(=O)N3)C2. The standard InChI is InChI=1S/C16H17N5O3/c1-9-15(22)17-12-5-3-4-11(14(12)24-9)16(23)20-6-7-21-10(2)18-19-13(21)8-20/h3-5,9H,6-8H2,1-2H3,(H,17,22)/t9-/m0/s1. The Bertz CT molecular complexity index is 844. The van der Waals surface area contributed by atoms with Crippen LogP contribution in [0.5, 0.6) is 5.75 Å². The van der Waals surface area contributed by atoms with Gasteiger partial charge in [0.05, 0.1) is 17.8 Å². The van der Waals surface area contributed by atoms with E-state index in [1.54, 1.807) is 30.0 Å². The second kappa shape index (κ2) is 5.33. The number of aryl methyl sites for hydroxylation is 1. The van der Waals surface area contributed by atoms with E-state index in [0.717, 1.165) is 11.6 Å². The van der Waals surface area contributed by atoms with Crippen LogP contribution in [0.15, 0.2) is 18.2 Å². The van der Waals surface area contributed by atoms with Gasteiger partial charge in [-0.25, -0.2) is 0 Å². The molecule has 0 radical (unpaired) electrons. The van der Waals surface area contributed by atoms with Gasteiger partial charge in [0.2, 0.25) is 0 Å². The van der Waals surface area contributed by atoms with Crippen LogP contribution < -0.4 is 10.1 Å². The molecule has 8 heteroatoms. The van der Waals surface area contributed by atoms with Crippen LogP contribution in [0, 0.1) is 6.92 Å². The molecule has 0 fully saturated rings. The average molecular weight is 327 g/mol. The molecule has 1 atom stereocenters. The van der Waals surface area contributed by atoms with Crippen LogP contribution in [-0.2, 0) is 17.9 Å². The number of ether oxygens (including phenoxy) is 1. The number of nitrogens with one attached hydrogen (secondary N) is 1. The zero-order valence-electron chi connectivity index (χ0n) is 13.4. The molecular formula is C16H17N5O3. The molecule has 0 aliphatic carbocycles. The predicted molar refractivity (Wildman–Crippen MR) is 84.7 cm³/mol. The monoisotopic (exact) mass is 327 g/mol. The second-order valence-electron chi connectivity index (χ2n) is 5.97. The molecule has 0 unspecified atom stereocenters. The van der Waals surface area contributed by atoms with Crippen LogP contribution in [-0.4, -0.2) is 44.1 Å². The van der Waals surface area contributed by atoms with Crippen LogP contribution in [0.3, 0.4) is 0 Å². The van der Waals surface area contributed by atoms with Gasteiger partial charge in [0.15, 0.2) is 17.7 Å². The molecule has 0 saturated heterocycles. The van der Waals surface area contributed by atoms with Gasteiger partial charge < -0.3 is 19.5 Å². The van der Waals surface area contributed by atoms with E-state index in [1.165, 1.54) is 0 Å². The summed E-state index contributed by atoms with van der Waals surface area (Å²) in [7, 11) is 0. The Morgan fingerprint density at radius 3 is 3.00 bits per heavy atom. The number of hydrogen-bond donors (Lipinski definition) is 1. The number of rotatable bonds is 1. The van der Waals surface area contributed by atoms with E-state index in [4.69, 9.17) is 4.74 Å². The minimum Gasteiger partial charge on any atom is -0.478 e. The first kappa shape index (κ1) is 14.7. The molecule has 4 rings (SSSR count). The predicted octanol–water partition coefficient (Wildman–Crippen LogP) is 0.962. The van der Waals surface area contributed by atoms with Gasteiger partial charge in [-0.05, 0) is 26.0 Å². The molecule has 24 heavy (non-hydrogen) atoms. The lowest BCUT2D eigenvalue weighted by atomic mass is 10.1. The van der Waals surface area contributed by atoms with E-state index in [0.29, 0.717) is 36.6 Å². The number of hydrogen-bond acceptors (Lipinski definition) is 5. The Hall–Kier alpha value is -2.90.